The SMILES string of the molecule is CCCCC(C)(S)CCC. The van der Waals surface area contributed by atoms with E-state index in [-0.39, 0.29) is 0 Å². The summed E-state index contributed by atoms with van der Waals surface area (Å²) in [4.78, 5) is 0. The lowest BCUT2D eigenvalue weighted by Gasteiger charge is -2.22. The van der Waals surface area contributed by atoms with Crippen LogP contribution in [-0.2, 0) is 0 Å². The fraction of sp³-hybridized carbons (Fsp3) is 1.00. The zero-order valence-electron chi connectivity index (χ0n) is 7.48. The van der Waals surface area contributed by atoms with Crippen LogP contribution in [0.3, 0.4) is 0 Å². The molecule has 0 rings (SSSR count). The van der Waals surface area contributed by atoms with Gasteiger partial charge in [-0.1, -0.05) is 40.0 Å². The van der Waals surface area contributed by atoms with Gasteiger partial charge in [0.15, 0.2) is 0 Å². The Morgan fingerprint density at radius 3 is 2.10 bits per heavy atom. The van der Waals surface area contributed by atoms with E-state index in [1.54, 1.807) is 0 Å². The number of unbranched alkanes of at least 4 members (excludes halogenated alkanes) is 1. The lowest BCUT2D eigenvalue weighted by Crippen LogP contribution is -2.15. The first-order valence-corrected chi connectivity index (χ1v) is 4.79. The van der Waals surface area contributed by atoms with Crippen molar-refractivity contribution in [3.8, 4) is 0 Å². The van der Waals surface area contributed by atoms with E-state index in [1.807, 2.05) is 0 Å². The third kappa shape index (κ3) is 5.16. The predicted molar refractivity (Wildman–Crippen MR) is 51.8 cm³/mol. The first kappa shape index (κ1) is 10.3. The van der Waals surface area contributed by atoms with Crippen molar-refractivity contribution in [3.63, 3.8) is 0 Å². The maximum Gasteiger partial charge on any atom is 0.0101 e. The molecule has 0 nitrogen and oxygen atoms in total. The molecule has 0 radical (unpaired) electrons. The molecule has 1 heteroatoms. The quantitative estimate of drug-likeness (QED) is 0.583. The molecule has 0 aliphatic rings. The zero-order chi connectivity index (χ0) is 8.04. The number of hydrogen-bond donors (Lipinski definition) is 1. The van der Waals surface area contributed by atoms with E-state index in [9.17, 15) is 0 Å². The van der Waals surface area contributed by atoms with E-state index in [0.29, 0.717) is 4.75 Å². The van der Waals surface area contributed by atoms with Gasteiger partial charge >= 0.3 is 0 Å². The molecule has 0 aromatic carbocycles. The molecular weight excluding hydrogens is 140 g/mol. The minimum absolute atomic E-state index is 0.296. The maximum atomic E-state index is 4.60. The Hall–Kier alpha value is 0.350. The fourth-order valence-electron chi connectivity index (χ4n) is 1.22. The van der Waals surface area contributed by atoms with Gasteiger partial charge in [0, 0.05) is 4.75 Å². The summed E-state index contributed by atoms with van der Waals surface area (Å²) in [5.41, 5.74) is 0. The molecule has 0 aliphatic carbocycles. The summed E-state index contributed by atoms with van der Waals surface area (Å²) in [5.74, 6) is 0. The average Bonchev–Trinajstić information content (AvgIpc) is 1.84. The monoisotopic (exact) mass is 160 g/mol. The van der Waals surface area contributed by atoms with Gasteiger partial charge in [0.05, 0.1) is 0 Å². The van der Waals surface area contributed by atoms with Gasteiger partial charge in [0.1, 0.15) is 0 Å². The second-order valence-electron chi connectivity index (χ2n) is 3.35. The van der Waals surface area contributed by atoms with Crippen molar-refractivity contribution in [1.82, 2.24) is 0 Å². The van der Waals surface area contributed by atoms with E-state index in [2.05, 4.69) is 33.4 Å². The summed E-state index contributed by atoms with van der Waals surface area (Å²) in [5, 5.41) is 0. The summed E-state index contributed by atoms with van der Waals surface area (Å²) < 4.78 is 0.296. The van der Waals surface area contributed by atoms with Crippen molar-refractivity contribution in [2.24, 2.45) is 0 Å². The minimum atomic E-state index is 0.296. The van der Waals surface area contributed by atoms with Crippen molar-refractivity contribution in [2.45, 2.75) is 57.6 Å². The van der Waals surface area contributed by atoms with Crippen LogP contribution >= 0.6 is 12.6 Å². The Kier molecular flexibility index (Phi) is 5.24. The van der Waals surface area contributed by atoms with Crippen molar-refractivity contribution >= 4 is 12.6 Å². The van der Waals surface area contributed by atoms with Crippen molar-refractivity contribution in [3.05, 3.63) is 0 Å². The molecule has 10 heavy (non-hydrogen) atoms. The van der Waals surface area contributed by atoms with Crippen LogP contribution in [0.4, 0.5) is 0 Å². The molecular formula is C9H20S. The van der Waals surface area contributed by atoms with E-state index in [0.717, 1.165) is 0 Å². The predicted octanol–water partition coefficient (Wildman–Crippen LogP) is 3.67. The van der Waals surface area contributed by atoms with E-state index in [1.165, 1.54) is 32.1 Å². The van der Waals surface area contributed by atoms with Gasteiger partial charge < -0.3 is 0 Å². The standard InChI is InChI=1S/C9H20S/c1-4-6-8-9(3,10)7-5-2/h10H,4-8H2,1-3H3. The minimum Gasteiger partial charge on any atom is -0.173 e. The second-order valence-corrected chi connectivity index (χ2v) is 4.43. The molecule has 0 spiro atoms. The maximum absolute atomic E-state index is 4.60. The molecule has 0 fully saturated rings. The molecule has 0 amide bonds. The number of rotatable bonds is 5. The third-order valence-corrected chi connectivity index (χ3v) is 2.30. The Morgan fingerprint density at radius 1 is 1.10 bits per heavy atom. The molecule has 0 aromatic rings. The van der Waals surface area contributed by atoms with Gasteiger partial charge in [0.2, 0.25) is 0 Å². The van der Waals surface area contributed by atoms with Crippen LogP contribution in [0.5, 0.6) is 0 Å². The summed E-state index contributed by atoms with van der Waals surface area (Å²) in [7, 11) is 0. The normalized spacial score (nSPS) is 16.8. The Morgan fingerprint density at radius 2 is 1.70 bits per heavy atom. The molecule has 0 aromatic heterocycles. The van der Waals surface area contributed by atoms with Crippen LogP contribution in [0.25, 0.3) is 0 Å². The number of hydrogen-bond acceptors (Lipinski definition) is 1. The van der Waals surface area contributed by atoms with Crippen LogP contribution in [0.15, 0.2) is 0 Å². The van der Waals surface area contributed by atoms with Gasteiger partial charge in [-0.3, -0.25) is 0 Å². The topological polar surface area (TPSA) is 0 Å². The largest absolute Gasteiger partial charge is 0.173 e. The van der Waals surface area contributed by atoms with Crippen LogP contribution in [0.2, 0.25) is 0 Å². The third-order valence-electron chi connectivity index (χ3n) is 1.86. The molecule has 1 atom stereocenters. The van der Waals surface area contributed by atoms with Crippen LogP contribution in [-0.4, -0.2) is 4.75 Å². The van der Waals surface area contributed by atoms with Gasteiger partial charge in [-0.05, 0) is 12.8 Å². The lowest BCUT2D eigenvalue weighted by molar-refractivity contribution is 0.515. The van der Waals surface area contributed by atoms with E-state index < -0.39 is 0 Å². The van der Waals surface area contributed by atoms with Crippen molar-refractivity contribution in [1.29, 1.82) is 0 Å². The smallest absolute Gasteiger partial charge is 0.0101 e. The molecule has 0 aliphatic heterocycles. The molecule has 0 saturated heterocycles. The average molecular weight is 160 g/mol. The highest BCUT2D eigenvalue weighted by Gasteiger charge is 2.15. The Balaban J connectivity index is 3.42. The second kappa shape index (κ2) is 5.06. The molecule has 1 unspecified atom stereocenters. The summed E-state index contributed by atoms with van der Waals surface area (Å²) in [6, 6.07) is 0. The van der Waals surface area contributed by atoms with Crippen LogP contribution < -0.4 is 0 Å². The highest BCUT2D eigenvalue weighted by Crippen LogP contribution is 2.26. The first-order chi connectivity index (χ1) is 4.62. The van der Waals surface area contributed by atoms with Gasteiger partial charge in [-0.2, -0.15) is 12.6 Å². The Bertz CT molecular complexity index is 76.8. The van der Waals surface area contributed by atoms with Crippen molar-refractivity contribution in [2.75, 3.05) is 0 Å². The van der Waals surface area contributed by atoms with Crippen molar-refractivity contribution < 1.29 is 0 Å². The van der Waals surface area contributed by atoms with Crippen LogP contribution in [0, 0.1) is 0 Å². The summed E-state index contributed by atoms with van der Waals surface area (Å²) in [6.45, 7) is 6.70. The molecule has 0 N–H and O–H groups in total. The molecule has 62 valence electrons. The first-order valence-electron chi connectivity index (χ1n) is 4.34. The highest BCUT2D eigenvalue weighted by molar-refractivity contribution is 7.81. The molecule has 0 heterocycles. The summed E-state index contributed by atoms with van der Waals surface area (Å²) in [6.07, 6.45) is 6.38. The van der Waals surface area contributed by atoms with E-state index >= 15 is 0 Å². The number of thiol groups is 1. The van der Waals surface area contributed by atoms with Gasteiger partial charge in [-0.25, -0.2) is 0 Å². The molecule has 0 saturated carbocycles. The zero-order valence-corrected chi connectivity index (χ0v) is 8.38. The van der Waals surface area contributed by atoms with E-state index in [4.69, 9.17) is 0 Å². The van der Waals surface area contributed by atoms with Crippen LogP contribution in [0.1, 0.15) is 52.9 Å². The van der Waals surface area contributed by atoms with Gasteiger partial charge in [-0.15, -0.1) is 0 Å². The summed E-state index contributed by atoms with van der Waals surface area (Å²) >= 11 is 4.60. The highest BCUT2D eigenvalue weighted by atomic mass is 32.1. The van der Waals surface area contributed by atoms with Gasteiger partial charge in [0.25, 0.3) is 0 Å². The Labute approximate surface area is 70.8 Å². The molecule has 0 bridgehead atoms. The fourth-order valence-corrected chi connectivity index (χ4v) is 1.60. The lowest BCUT2D eigenvalue weighted by atomic mass is 9.98.